The highest BCUT2D eigenvalue weighted by Crippen LogP contribution is 2.36. The maximum atomic E-state index is 13.5. The van der Waals surface area contributed by atoms with Crippen molar-refractivity contribution >= 4 is 34.1 Å². The Hall–Kier alpha value is -3.30. The minimum absolute atomic E-state index is 0.0608. The first-order chi connectivity index (χ1) is 16.2. The zero-order valence-electron chi connectivity index (χ0n) is 18.4. The highest BCUT2D eigenvalue weighted by Gasteiger charge is 2.34. The molecular formula is C24H21ClF3N5O. The van der Waals surface area contributed by atoms with Crippen molar-refractivity contribution in [1.82, 2.24) is 19.9 Å². The molecule has 0 bridgehead atoms. The van der Waals surface area contributed by atoms with Gasteiger partial charge in [-0.25, -0.2) is 15.0 Å². The van der Waals surface area contributed by atoms with E-state index in [1.165, 1.54) is 18.3 Å². The molecule has 0 aliphatic heterocycles. The van der Waals surface area contributed by atoms with Gasteiger partial charge in [0.05, 0.1) is 16.6 Å². The largest absolute Gasteiger partial charge is 0.418 e. The summed E-state index contributed by atoms with van der Waals surface area (Å²) in [5.41, 5.74) is -0.112. The molecule has 34 heavy (non-hydrogen) atoms. The number of rotatable bonds is 7. The van der Waals surface area contributed by atoms with Crippen molar-refractivity contribution in [3.8, 4) is 11.4 Å². The molecule has 0 aliphatic rings. The van der Waals surface area contributed by atoms with E-state index in [1.807, 2.05) is 13.8 Å². The highest BCUT2D eigenvalue weighted by molar-refractivity contribution is 6.30. The van der Waals surface area contributed by atoms with Gasteiger partial charge in [0.2, 0.25) is 0 Å². The Labute approximate surface area is 199 Å². The molecule has 176 valence electrons. The van der Waals surface area contributed by atoms with E-state index < -0.39 is 11.7 Å². The number of alkyl halides is 3. The van der Waals surface area contributed by atoms with Crippen molar-refractivity contribution in [2.45, 2.75) is 26.6 Å². The first kappa shape index (κ1) is 23.8. The van der Waals surface area contributed by atoms with Gasteiger partial charge in [0.25, 0.3) is 0 Å². The van der Waals surface area contributed by atoms with Crippen LogP contribution in [-0.2, 0) is 17.5 Å². The van der Waals surface area contributed by atoms with Gasteiger partial charge in [0, 0.05) is 23.5 Å². The summed E-state index contributed by atoms with van der Waals surface area (Å²) in [6.07, 6.45) is -3.27. The van der Waals surface area contributed by atoms with Crippen LogP contribution in [0.1, 0.15) is 25.2 Å². The number of aromatic nitrogens is 4. The Morgan fingerprint density at radius 3 is 2.47 bits per heavy atom. The normalized spacial score (nSPS) is 11.9. The molecule has 1 aromatic carbocycles. The zero-order valence-corrected chi connectivity index (χ0v) is 19.2. The fourth-order valence-electron chi connectivity index (χ4n) is 3.24. The highest BCUT2D eigenvalue weighted by atomic mass is 35.5. The number of halogens is 4. The molecule has 0 amide bonds. The summed E-state index contributed by atoms with van der Waals surface area (Å²) in [4.78, 5) is 17.4. The van der Waals surface area contributed by atoms with Crippen LogP contribution in [0.4, 0.5) is 24.7 Å². The monoisotopic (exact) mass is 487 g/mol. The molecule has 0 spiro atoms. The van der Waals surface area contributed by atoms with E-state index in [4.69, 9.17) is 16.3 Å². The van der Waals surface area contributed by atoms with E-state index in [9.17, 15) is 13.2 Å². The predicted octanol–water partition coefficient (Wildman–Crippen LogP) is 6.68. The number of nitrogens with one attached hydrogen (secondary N) is 1. The second kappa shape index (κ2) is 9.90. The summed E-state index contributed by atoms with van der Waals surface area (Å²) < 4.78 is 46.2. The number of anilines is 2. The molecule has 10 heteroatoms. The number of ether oxygens (including phenoxy) is 1. The Kier molecular flexibility index (Phi) is 6.95. The summed E-state index contributed by atoms with van der Waals surface area (Å²) in [7, 11) is 0. The molecule has 0 unspecified atom stereocenters. The molecule has 0 atom stereocenters. The van der Waals surface area contributed by atoms with Crippen LogP contribution in [0.2, 0.25) is 5.02 Å². The van der Waals surface area contributed by atoms with Gasteiger partial charge in [-0.15, -0.1) is 0 Å². The van der Waals surface area contributed by atoms with Crippen LogP contribution in [0, 0.1) is 5.92 Å². The molecule has 4 rings (SSSR count). The Balaban J connectivity index is 1.79. The van der Waals surface area contributed by atoms with Gasteiger partial charge in [0.1, 0.15) is 18.1 Å². The molecule has 0 saturated heterocycles. The number of benzene rings is 1. The third-order valence-corrected chi connectivity index (χ3v) is 5.00. The smallest absolute Gasteiger partial charge is 0.373 e. The van der Waals surface area contributed by atoms with Crippen molar-refractivity contribution in [1.29, 1.82) is 0 Å². The van der Waals surface area contributed by atoms with Gasteiger partial charge in [0.15, 0.2) is 11.5 Å². The third kappa shape index (κ3) is 5.60. The van der Waals surface area contributed by atoms with Gasteiger partial charge in [-0.2, -0.15) is 13.2 Å². The van der Waals surface area contributed by atoms with E-state index in [0.29, 0.717) is 34.6 Å². The van der Waals surface area contributed by atoms with Gasteiger partial charge >= 0.3 is 6.18 Å². The molecule has 0 radical (unpaired) electrons. The predicted molar refractivity (Wildman–Crippen MR) is 125 cm³/mol. The fraction of sp³-hybridized carbons (Fsp3) is 0.250. The van der Waals surface area contributed by atoms with Crippen molar-refractivity contribution in [2.24, 2.45) is 5.92 Å². The average molecular weight is 488 g/mol. The van der Waals surface area contributed by atoms with Crippen LogP contribution in [0.15, 0.2) is 54.7 Å². The second-order valence-electron chi connectivity index (χ2n) is 7.99. The van der Waals surface area contributed by atoms with Crippen LogP contribution in [0.3, 0.4) is 0 Å². The summed E-state index contributed by atoms with van der Waals surface area (Å²) in [6, 6.07) is 12.4. The van der Waals surface area contributed by atoms with Crippen molar-refractivity contribution in [2.75, 3.05) is 11.9 Å². The molecule has 0 fully saturated rings. The van der Waals surface area contributed by atoms with Crippen molar-refractivity contribution in [3.05, 3.63) is 71.1 Å². The first-order valence-corrected chi connectivity index (χ1v) is 10.9. The second-order valence-corrected chi connectivity index (χ2v) is 8.43. The Morgan fingerprint density at radius 2 is 1.76 bits per heavy atom. The summed E-state index contributed by atoms with van der Waals surface area (Å²) in [5, 5.41) is 4.33. The van der Waals surface area contributed by atoms with E-state index in [0.717, 1.165) is 11.8 Å². The lowest BCUT2D eigenvalue weighted by Crippen LogP contribution is -2.10. The topological polar surface area (TPSA) is 72.8 Å². The minimum Gasteiger partial charge on any atom is -0.373 e. The minimum atomic E-state index is -4.57. The first-order valence-electron chi connectivity index (χ1n) is 10.5. The van der Waals surface area contributed by atoms with E-state index >= 15 is 0 Å². The molecule has 4 aromatic rings. The number of nitrogens with zero attached hydrogens (tertiary/aromatic N) is 4. The van der Waals surface area contributed by atoms with E-state index in [1.54, 1.807) is 30.3 Å². The molecule has 0 saturated carbocycles. The lowest BCUT2D eigenvalue weighted by molar-refractivity contribution is -0.137. The van der Waals surface area contributed by atoms with Crippen molar-refractivity contribution < 1.29 is 17.9 Å². The van der Waals surface area contributed by atoms with Crippen LogP contribution >= 0.6 is 11.6 Å². The fourth-order valence-corrected chi connectivity index (χ4v) is 3.37. The third-order valence-electron chi connectivity index (χ3n) is 4.75. The van der Waals surface area contributed by atoms with Crippen LogP contribution < -0.4 is 5.32 Å². The van der Waals surface area contributed by atoms with E-state index in [2.05, 4.69) is 25.3 Å². The van der Waals surface area contributed by atoms with Gasteiger partial charge < -0.3 is 10.1 Å². The quantitative estimate of drug-likeness (QED) is 0.313. The number of hydrogen-bond donors (Lipinski definition) is 1. The van der Waals surface area contributed by atoms with Crippen LogP contribution in [0.25, 0.3) is 22.4 Å². The molecule has 3 aromatic heterocycles. The molecule has 0 aliphatic carbocycles. The zero-order chi connectivity index (χ0) is 24.3. The van der Waals surface area contributed by atoms with Crippen LogP contribution in [0.5, 0.6) is 0 Å². The van der Waals surface area contributed by atoms with Crippen LogP contribution in [-0.4, -0.2) is 26.5 Å². The van der Waals surface area contributed by atoms with Gasteiger partial charge in [-0.3, -0.25) is 4.98 Å². The molecule has 1 N–H and O–H groups in total. The maximum Gasteiger partial charge on any atom is 0.418 e. The molecule has 3 heterocycles. The van der Waals surface area contributed by atoms with Gasteiger partial charge in [-0.1, -0.05) is 25.4 Å². The maximum absolute atomic E-state index is 13.5. The Bertz CT molecular complexity index is 1300. The van der Waals surface area contributed by atoms with Gasteiger partial charge in [-0.05, 0) is 54.4 Å². The number of pyridine rings is 2. The SMILES string of the molecule is CC(C)COCc1nc(Nc2ccc(Cl)cc2)c2ccc(-c3ncccc3C(F)(F)F)nc2n1. The lowest BCUT2D eigenvalue weighted by Gasteiger charge is -2.14. The number of fused-ring (bicyclic) bond motifs is 1. The number of hydrogen-bond acceptors (Lipinski definition) is 6. The van der Waals surface area contributed by atoms with Crippen molar-refractivity contribution in [3.63, 3.8) is 0 Å². The molecule has 6 nitrogen and oxygen atoms in total. The summed E-state index contributed by atoms with van der Waals surface area (Å²) in [6.45, 7) is 4.69. The Morgan fingerprint density at radius 1 is 1.00 bits per heavy atom. The average Bonchev–Trinajstić information content (AvgIpc) is 2.79. The lowest BCUT2D eigenvalue weighted by atomic mass is 10.1. The van der Waals surface area contributed by atoms with E-state index in [-0.39, 0.29) is 23.6 Å². The molecular weight excluding hydrogens is 467 g/mol. The summed E-state index contributed by atoms with van der Waals surface area (Å²) >= 11 is 5.97. The summed E-state index contributed by atoms with van der Waals surface area (Å²) in [5.74, 6) is 1.12. The standard InChI is InChI=1S/C24H21ClF3N5O/c1-14(2)12-34-13-20-32-22(30-16-7-5-15(25)6-8-16)17-9-10-19(31-23(17)33-20)21-18(24(26,27)28)4-3-11-29-21/h3-11,14H,12-13H2,1-2H3,(H,30,31,32,33).